The molecule has 0 unspecified atom stereocenters. The summed E-state index contributed by atoms with van der Waals surface area (Å²) in [5, 5.41) is 8.77. The van der Waals surface area contributed by atoms with E-state index in [0.717, 1.165) is 0 Å². The Morgan fingerprint density at radius 2 is 1.94 bits per heavy atom. The summed E-state index contributed by atoms with van der Waals surface area (Å²) in [6.07, 6.45) is -4.66. The summed E-state index contributed by atoms with van der Waals surface area (Å²) in [7, 11) is 0. The summed E-state index contributed by atoms with van der Waals surface area (Å²) in [5.74, 6) is -1.01. The molecule has 1 aromatic carbocycles. The molecule has 1 aromatic heterocycles. The van der Waals surface area contributed by atoms with E-state index in [2.05, 4.69) is 4.98 Å². The Labute approximate surface area is 99.0 Å². The van der Waals surface area contributed by atoms with Gasteiger partial charge in [-0.1, -0.05) is 18.2 Å². The van der Waals surface area contributed by atoms with Gasteiger partial charge >= 0.3 is 6.18 Å². The highest BCUT2D eigenvalue weighted by molar-refractivity contribution is 6.05. The lowest BCUT2D eigenvalue weighted by Gasteiger charge is -2.10. The number of benzene rings is 1. The molecule has 0 bridgehead atoms. The van der Waals surface area contributed by atoms with Gasteiger partial charge in [0.25, 0.3) is 5.91 Å². The Morgan fingerprint density at radius 1 is 1.28 bits per heavy atom. The molecular formula is C11H7F3N2O2. The zero-order valence-corrected chi connectivity index (χ0v) is 8.82. The topological polar surface area (TPSA) is 62.2 Å². The fourth-order valence-electron chi connectivity index (χ4n) is 1.57. The number of carbonyl (C=O) groups is 1. The van der Waals surface area contributed by atoms with Crippen LogP contribution in [0.3, 0.4) is 0 Å². The van der Waals surface area contributed by atoms with Crippen molar-refractivity contribution in [2.45, 2.75) is 6.18 Å². The van der Waals surface area contributed by atoms with Crippen LogP contribution < -0.4 is 5.48 Å². The predicted octanol–water partition coefficient (Wildman–Crippen LogP) is 2.37. The second-order valence-electron chi connectivity index (χ2n) is 3.51. The lowest BCUT2D eigenvalue weighted by molar-refractivity contribution is -0.141. The van der Waals surface area contributed by atoms with Gasteiger partial charge in [-0.25, -0.2) is 10.5 Å². The molecule has 2 rings (SSSR count). The molecule has 0 saturated carbocycles. The summed E-state index contributed by atoms with van der Waals surface area (Å²) < 4.78 is 37.8. The van der Waals surface area contributed by atoms with Crippen LogP contribution in [0.4, 0.5) is 13.2 Å². The molecule has 0 radical (unpaired) electrons. The maximum Gasteiger partial charge on any atom is 0.433 e. The zero-order chi connectivity index (χ0) is 13.3. The molecule has 0 atom stereocenters. The highest BCUT2D eigenvalue weighted by Crippen LogP contribution is 2.30. The standard InChI is InChI=1S/C11H7F3N2O2/c12-11(13,14)9-5-7(10(17)16-18)6-3-1-2-4-8(6)15-9/h1-5,18H,(H,16,17). The van der Waals surface area contributed by atoms with Crippen LogP contribution in [-0.2, 0) is 6.18 Å². The second kappa shape index (κ2) is 4.26. The Hall–Kier alpha value is -2.15. The van der Waals surface area contributed by atoms with Gasteiger partial charge in [0.2, 0.25) is 0 Å². The van der Waals surface area contributed by atoms with E-state index >= 15 is 0 Å². The number of hydroxylamine groups is 1. The van der Waals surface area contributed by atoms with Gasteiger partial charge in [-0.3, -0.25) is 10.0 Å². The minimum absolute atomic E-state index is 0.0333. The van der Waals surface area contributed by atoms with E-state index in [-0.39, 0.29) is 16.5 Å². The molecule has 0 aliphatic carbocycles. The van der Waals surface area contributed by atoms with Crippen molar-refractivity contribution in [3.63, 3.8) is 0 Å². The average molecular weight is 256 g/mol. The molecule has 7 heteroatoms. The van der Waals surface area contributed by atoms with Crippen molar-refractivity contribution < 1.29 is 23.2 Å². The molecule has 0 spiro atoms. The van der Waals surface area contributed by atoms with Crippen LogP contribution in [-0.4, -0.2) is 16.1 Å². The fourth-order valence-corrected chi connectivity index (χ4v) is 1.57. The Morgan fingerprint density at radius 3 is 2.56 bits per heavy atom. The maximum absolute atomic E-state index is 12.6. The van der Waals surface area contributed by atoms with Gasteiger partial charge in [0.1, 0.15) is 5.69 Å². The van der Waals surface area contributed by atoms with Crippen LogP contribution in [0.15, 0.2) is 30.3 Å². The number of aromatic nitrogens is 1. The molecule has 18 heavy (non-hydrogen) atoms. The summed E-state index contributed by atoms with van der Waals surface area (Å²) in [4.78, 5) is 14.8. The first-order chi connectivity index (χ1) is 8.43. The molecule has 4 nitrogen and oxygen atoms in total. The van der Waals surface area contributed by atoms with Gasteiger partial charge in [0.05, 0.1) is 11.1 Å². The van der Waals surface area contributed by atoms with Crippen molar-refractivity contribution >= 4 is 16.8 Å². The molecule has 1 heterocycles. The number of halogens is 3. The summed E-state index contributed by atoms with van der Waals surface area (Å²) in [6.45, 7) is 0. The lowest BCUT2D eigenvalue weighted by Crippen LogP contribution is -2.20. The smallest absolute Gasteiger partial charge is 0.288 e. The molecule has 0 aliphatic heterocycles. The number of carbonyl (C=O) groups excluding carboxylic acids is 1. The van der Waals surface area contributed by atoms with E-state index in [0.29, 0.717) is 6.07 Å². The first-order valence-corrected chi connectivity index (χ1v) is 4.85. The quantitative estimate of drug-likeness (QED) is 0.608. The van der Waals surface area contributed by atoms with Crippen molar-refractivity contribution in [2.75, 3.05) is 0 Å². The highest BCUT2D eigenvalue weighted by atomic mass is 19.4. The minimum atomic E-state index is -4.66. The highest BCUT2D eigenvalue weighted by Gasteiger charge is 2.34. The van der Waals surface area contributed by atoms with Gasteiger partial charge in [-0.2, -0.15) is 13.2 Å². The third-order valence-electron chi connectivity index (χ3n) is 2.35. The molecular weight excluding hydrogens is 249 g/mol. The van der Waals surface area contributed by atoms with Crippen LogP contribution >= 0.6 is 0 Å². The molecule has 94 valence electrons. The number of fused-ring (bicyclic) bond motifs is 1. The van der Waals surface area contributed by atoms with Gasteiger partial charge < -0.3 is 0 Å². The number of nitrogens with zero attached hydrogens (tertiary/aromatic N) is 1. The number of hydrogen-bond acceptors (Lipinski definition) is 3. The van der Waals surface area contributed by atoms with Gasteiger partial charge in [-0.05, 0) is 12.1 Å². The average Bonchev–Trinajstić information content (AvgIpc) is 2.35. The first kappa shape index (κ1) is 12.3. The van der Waals surface area contributed by atoms with E-state index < -0.39 is 17.8 Å². The van der Waals surface area contributed by atoms with E-state index in [1.54, 1.807) is 6.07 Å². The SMILES string of the molecule is O=C(NO)c1cc(C(F)(F)F)nc2ccccc12. The molecule has 2 N–H and O–H groups in total. The van der Waals surface area contributed by atoms with Crippen molar-refractivity contribution in [1.82, 2.24) is 10.5 Å². The normalized spacial score (nSPS) is 11.6. The first-order valence-electron chi connectivity index (χ1n) is 4.85. The number of para-hydroxylation sites is 1. The summed E-state index contributed by atoms with van der Waals surface area (Å²) >= 11 is 0. The lowest BCUT2D eigenvalue weighted by atomic mass is 10.1. The van der Waals surface area contributed by atoms with Crippen molar-refractivity contribution in [3.05, 3.63) is 41.6 Å². The number of alkyl halides is 3. The predicted molar refractivity (Wildman–Crippen MR) is 56.0 cm³/mol. The third kappa shape index (κ3) is 2.12. The number of rotatable bonds is 1. The van der Waals surface area contributed by atoms with Crippen molar-refractivity contribution in [3.8, 4) is 0 Å². The second-order valence-corrected chi connectivity index (χ2v) is 3.51. The number of nitrogens with one attached hydrogen (secondary N) is 1. The van der Waals surface area contributed by atoms with E-state index in [1.807, 2.05) is 0 Å². The van der Waals surface area contributed by atoms with E-state index in [1.165, 1.54) is 23.7 Å². The van der Waals surface area contributed by atoms with Gasteiger partial charge in [0, 0.05) is 5.39 Å². The van der Waals surface area contributed by atoms with Crippen LogP contribution in [0.25, 0.3) is 10.9 Å². The largest absolute Gasteiger partial charge is 0.433 e. The van der Waals surface area contributed by atoms with Crippen LogP contribution in [0.1, 0.15) is 16.1 Å². The molecule has 2 aromatic rings. The number of amides is 1. The van der Waals surface area contributed by atoms with E-state index in [4.69, 9.17) is 5.21 Å². The Balaban J connectivity index is 2.77. The van der Waals surface area contributed by atoms with Crippen LogP contribution in [0.5, 0.6) is 0 Å². The molecule has 0 saturated heterocycles. The monoisotopic (exact) mass is 256 g/mol. The van der Waals surface area contributed by atoms with Crippen molar-refractivity contribution in [2.24, 2.45) is 0 Å². The maximum atomic E-state index is 12.6. The molecule has 1 amide bonds. The molecule has 0 fully saturated rings. The fraction of sp³-hybridized carbons (Fsp3) is 0.0909. The number of hydrogen-bond donors (Lipinski definition) is 2. The molecule has 0 aliphatic rings. The Bertz CT molecular complexity index is 611. The van der Waals surface area contributed by atoms with Gasteiger partial charge in [0.15, 0.2) is 0 Å². The van der Waals surface area contributed by atoms with E-state index in [9.17, 15) is 18.0 Å². The van der Waals surface area contributed by atoms with Crippen LogP contribution in [0, 0.1) is 0 Å². The summed E-state index contributed by atoms with van der Waals surface area (Å²) in [6, 6.07) is 6.49. The van der Waals surface area contributed by atoms with Crippen molar-refractivity contribution in [1.29, 1.82) is 0 Å². The Kier molecular flexibility index (Phi) is 2.92. The van der Waals surface area contributed by atoms with Gasteiger partial charge in [-0.15, -0.1) is 0 Å². The minimum Gasteiger partial charge on any atom is -0.288 e. The zero-order valence-electron chi connectivity index (χ0n) is 8.82. The van der Waals surface area contributed by atoms with Crippen LogP contribution in [0.2, 0.25) is 0 Å². The number of pyridine rings is 1. The summed E-state index contributed by atoms with van der Waals surface area (Å²) in [5.41, 5.74) is -0.111. The third-order valence-corrected chi connectivity index (χ3v) is 2.35.